The van der Waals surface area contributed by atoms with Crippen LogP contribution in [-0.4, -0.2) is 17.3 Å². The average Bonchev–Trinajstić information content (AvgIpc) is 3.51. The fourth-order valence-corrected chi connectivity index (χ4v) is 9.37. The Hall–Kier alpha value is -1.60. The number of thiazole rings is 1. The van der Waals surface area contributed by atoms with Crippen molar-refractivity contribution < 1.29 is 9.47 Å². The van der Waals surface area contributed by atoms with Crippen LogP contribution in [-0.2, 0) is 6.61 Å². The predicted octanol–water partition coefficient (Wildman–Crippen LogP) is 6.98. The van der Waals surface area contributed by atoms with Crippen molar-refractivity contribution in [3.05, 3.63) is 72.1 Å². The number of hydrogen-bond donors (Lipinski definition) is 1. The summed E-state index contributed by atoms with van der Waals surface area (Å²) >= 11 is 15.6. The molecule has 2 heterocycles. The molecule has 172 valence electrons. The van der Waals surface area contributed by atoms with Gasteiger partial charge in [0.15, 0.2) is 11.5 Å². The number of fused-ring (bicyclic) bond motifs is 6. The van der Waals surface area contributed by atoms with Crippen molar-refractivity contribution in [1.29, 1.82) is 0 Å². The number of aromatic nitrogens is 1. The number of halogens is 2. The highest BCUT2D eigenvalue weighted by atomic mass is 35.5. The largest absolute Gasteiger partial charge is 0.493 e. The van der Waals surface area contributed by atoms with Crippen molar-refractivity contribution in [3.8, 4) is 11.5 Å². The van der Waals surface area contributed by atoms with E-state index in [1.54, 1.807) is 19.2 Å². The molecule has 1 aliphatic heterocycles. The van der Waals surface area contributed by atoms with Crippen LogP contribution in [0.4, 0.5) is 0 Å². The molecule has 2 aliphatic carbocycles. The molecular formula is C25H23Cl2NO3S2. The van der Waals surface area contributed by atoms with E-state index in [9.17, 15) is 4.79 Å². The van der Waals surface area contributed by atoms with Gasteiger partial charge in [-0.3, -0.25) is 4.79 Å². The predicted molar refractivity (Wildman–Crippen MR) is 135 cm³/mol. The molecule has 4 nitrogen and oxygen atoms in total. The van der Waals surface area contributed by atoms with Gasteiger partial charge in [-0.05, 0) is 66.8 Å². The third-order valence-electron chi connectivity index (χ3n) is 7.41. The maximum atomic E-state index is 12.3. The van der Waals surface area contributed by atoms with Crippen molar-refractivity contribution >= 4 is 46.3 Å². The van der Waals surface area contributed by atoms with E-state index >= 15 is 0 Å². The van der Waals surface area contributed by atoms with Gasteiger partial charge in [0.2, 0.25) is 0 Å². The van der Waals surface area contributed by atoms with Gasteiger partial charge in [-0.1, -0.05) is 46.7 Å². The molecule has 6 rings (SSSR count). The molecule has 3 aromatic rings. The molecule has 0 unspecified atom stereocenters. The SMILES string of the molecule is COc1cc([C@@H]2c3sc(=O)[nH]c3S[C@H]3[C@H]4CC[C@@H](C4)[C@@H]23)ccc1OCc1ccc(Cl)cc1Cl. The zero-order valence-electron chi connectivity index (χ0n) is 18.0. The van der Waals surface area contributed by atoms with Crippen LogP contribution < -0.4 is 14.3 Å². The summed E-state index contributed by atoms with van der Waals surface area (Å²) in [5.41, 5.74) is 2.06. The normalized spacial score (nSPS) is 27.3. The first-order valence-corrected chi connectivity index (χ1v) is 13.6. The summed E-state index contributed by atoms with van der Waals surface area (Å²) in [5, 5.41) is 2.83. The summed E-state index contributed by atoms with van der Waals surface area (Å²) < 4.78 is 11.8. The summed E-state index contributed by atoms with van der Waals surface area (Å²) in [5.74, 6) is 3.65. The van der Waals surface area contributed by atoms with Gasteiger partial charge in [0.25, 0.3) is 0 Å². The molecule has 3 aliphatic rings. The van der Waals surface area contributed by atoms with E-state index in [-0.39, 0.29) is 10.8 Å². The zero-order valence-corrected chi connectivity index (χ0v) is 21.1. The lowest BCUT2D eigenvalue weighted by Crippen LogP contribution is -2.33. The third-order valence-corrected chi connectivity index (χ3v) is 10.6. The number of H-pyrrole nitrogens is 1. The van der Waals surface area contributed by atoms with Crippen LogP contribution >= 0.6 is 46.3 Å². The Balaban J connectivity index is 1.33. The van der Waals surface area contributed by atoms with Crippen LogP contribution in [0.15, 0.2) is 46.2 Å². The second-order valence-electron chi connectivity index (χ2n) is 9.11. The van der Waals surface area contributed by atoms with Crippen molar-refractivity contribution in [3.63, 3.8) is 0 Å². The molecule has 0 saturated heterocycles. The van der Waals surface area contributed by atoms with E-state index in [0.717, 1.165) is 22.4 Å². The van der Waals surface area contributed by atoms with E-state index in [0.29, 0.717) is 39.3 Å². The molecule has 2 saturated carbocycles. The van der Waals surface area contributed by atoms with E-state index in [4.69, 9.17) is 32.7 Å². The Kier molecular flexibility index (Phi) is 5.68. The number of methoxy groups -OCH3 is 1. The van der Waals surface area contributed by atoms with E-state index in [1.165, 1.54) is 41.0 Å². The molecule has 1 N–H and O–H groups in total. The highest BCUT2D eigenvalue weighted by molar-refractivity contribution is 8.00. The molecule has 5 atom stereocenters. The van der Waals surface area contributed by atoms with Crippen LogP contribution in [0.3, 0.4) is 0 Å². The minimum absolute atomic E-state index is 0.0385. The molecular weight excluding hydrogens is 497 g/mol. The first-order chi connectivity index (χ1) is 16.0. The highest BCUT2D eigenvalue weighted by Crippen LogP contribution is 2.63. The number of thioether (sulfide) groups is 1. The fraction of sp³-hybridized carbons (Fsp3) is 0.400. The topological polar surface area (TPSA) is 51.3 Å². The quantitative estimate of drug-likeness (QED) is 0.394. The first kappa shape index (κ1) is 21.9. The van der Waals surface area contributed by atoms with Crippen molar-refractivity contribution in [2.45, 2.75) is 42.1 Å². The van der Waals surface area contributed by atoms with Gasteiger partial charge >= 0.3 is 4.87 Å². The molecule has 8 heteroatoms. The van der Waals surface area contributed by atoms with Gasteiger partial charge in [0.1, 0.15) is 6.61 Å². The average molecular weight is 521 g/mol. The van der Waals surface area contributed by atoms with Gasteiger partial charge in [-0.2, -0.15) is 0 Å². The first-order valence-electron chi connectivity index (χ1n) is 11.2. The summed E-state index contributed by atoms with van der Waals surface area (Å²) in [6, 6.07) is 11.6. The number of hydrogen-bond acceptors (Lipinski definition) is 5. The maximum Gasteiger partial charge on any atom is 0.305 e. The second-order valence-corrected chi connectivity index (χ2v) is 12.2. The Labute approximate surface area is 210 Å². The van der Waals surface area contributed by atoms with E-state index < -0.39 is 0 Å². The van der Waals surface area contributed by atoms with Crippen molar-refractivity contribution in [1.82, 2.24) is 4.98 Å². The van der Waals surface area contributed by atoms with E-state index in [1.807, 2.05) is 23.9 Å². The number of nitrogens with one attached hydrogen (secondary N) is 1. The van der Waals surface area contributed by atoms with Gasteiger partial charge in [-0.25, -0.2) is 0 Å². The molecule has 0 radical (unpaired) electrons. The van der Waals surface area contributed by atoms with Crippen LogP contribution in [0.2, 0.25) is 10.0 Å². The van der Waals surface area contributed by atoms with Crippen LogP contribution in [0.5, 0.6) is 11.5 Å². The summed E-state index contributed by atoms with van der Waals surface area (Å²) in [6.45, 7) is 0.323. The Morgan fingerprint density at radius 3 is 2.76 bits per heavy atom. The summed E-state index contributed by atoms with van der Waals surface area (Å²) in [6.07, 6.45) is 3.94. The molecule has 2 fully saturated rings. The van der Waals surface area contributed by atoms with Gasteiger partial charge in [0.05, 0.1) is 12.1 Å². The van der Waals surface area contributed by atoms with Crippen molar-refractivity contribution in [2.75, 3.05) is 7.11 Å². The molecule has 2 aromatic carbocycles. The van der Waals surface area contributed by atoms with Gasteiger partial charge < -0.3 is 14.5 Å². The lowest BCUT2D eigenvalue weighted by Gasteiger charge is -2.40. The molecule has 33 heavy (non-hydrogen) atoms. The lowest BCUT2D eigenvalue weighted by atomic mass is 9.75. The standard InChI is InChI=1S/C25H23Cl2NO3S2/c1-30-19-9-13(5-7-18(19)31-11-15-4-6-16(26)10-17(15)27)21-20-12-2-3-14(8-12)22(20)32-24-23(21)33-25(29)28-24/h4-7,9-10,12,14,20-22H,2-3,8,11H2,1H3,(H,28,29)/t12-,14-,20-,21-,22-/m0/s1. The van der Waals surface area contributed by atoms with Crippen LogP contribution in [0, 0.1) is 17.8 Å². The Morgan fingerprint density at radius 2 is 1.94 bits per heavy atom. The number of aromatic amines is 1. The van der Waals surface area contributed by atoms with Crippen LogP contribution in [0.1, 0.15) is 41.2 Å². The summed E-state index contributed by atoms with van der Waals surface area (Å²) in [7, 11) is 1.67. The lowest BCUT2D eigenvalue weighted by molar-refractivity contribution is 0.282. The maximum absolute atomic E-state index is 12.3. The summed E-state index contributed by atoms with van der Waals surface area (Å²) in [4.78, 5) is 16.6. The van der Waals surface area contributed by atoms with Crippen molar-refractivity contribution in [2.24, 2.45) is 17.8 Å². The smallest absolute Gasteiger partial charge is 0.305 e. The highest BCUT2D eigenvalue weighted by Gasteiger charge is 2.54. The Bertz CT molecular complexity index is 1270. The minimum atomic E-state index is 0.0385. The molecule has 1 aromatic heterocycles. The number of rotatable bonds is 5. The number of benzene rings is 2. The molecule has 2 bridgehead atoms. The zero-order chi connectivity index (χ0) is 22.7. The fourth-order valence-electron chi connectivity index (χ4n) is 6.01. The minimum Gasteiger partial charge on any atom is -0.493 e. The van der Waals surface area contributed by atoms with Gasteiger partial charge in [0, 0.05) is 31.7 Å². The monoisotopic (exact) mass is 519 g/mol. The van der Waals surface area contributed by atoms with E-state index in [2.05, 4.69) is 17.1 Å². The van der Waals surface area contributed by atoms with Gasteiger partial charge in [-0.15, -0.1) is 11.8 Å². The number of ether oxygens (including phenoxy) is 2. The van der Waals surface area contributed by atoms with Crippen LogP contribution in [0.25, 0.3) is 0 Å². The Morgan fingerprint density at radius 1 is 1.09 bits per heavy atom. The second kappa shape index (κ2) is 8.56. The molecule has 0 amide bonds. The third kappa shape index (κ3) is 3.79. The molecule has 0 spiro atoms.